The summed E-state index contributed by atoms with van der Waals surface area (Å²) in [7, 11) is -3.07. The number of aryl methyl sites for hydroxylation is 2. The Balaban J connectivity index is 1.63. The third-order valence-corrected chi connectivity index (χ3v) is 9.89. The monoisotopic (exact) mass is 498 g/mol. The summed E-state index contributed by atoms with van der Waals surface area (Å²) in [5.41, 5.74) is 3.08. The molecular weight excluding hydrogens is 472 g/mol. The Morgan fingerprint density at radius 3 is 2.52 bits per heavy atom. The lowest BCUT2D eigenvalue weighted by Gasteiger charge is -2.28. The van der Waals surface area contributed by atoms with Crippen LogP contribution < -0.4 is 4.90 Å². The van der Waals surface area contributed by atoms with Crippen LogP contribution in [0.15, 0.2) is 21.6 Å². The van der Waals surface area contributed by atoms with Crippen molar-refractivity contribution in [2.75, 3.05) is 16.4 Å². The zero-order valence-electron chi connectivity index (χ0n) is 16.9. The number of halogens is 1. The Kier molecular flexibility index (Phi) is 6.15. The highest BCUT2D eigenvalue weighted by molar-refractivity contribution is 9.10. The number of aliphatic imine (C=N–C) groups is 1. The van der Waals surface area contributed by atoms with Crippen LogP contribution in [0.5, 0.6) is 0 Å². The molecular formula is C21H27BrN2O3S2. The van der Waals surface area contributed by atoms with Gasteiger partial charge in [0.15, 0.2) is 15.0 Å². The molecule has 158 valence electrons. The third-order valence-electron chi connectivity index (χ3n) is 6.22. The van der Waals surface area contributed by atoms with E-state index in [-0.39, 0.29) is 28.7 Å². The molecule has 0 bridgehead atoms. The average Bonchev–Trinajstić information content (AvgIpc) is 3.29. The summed E-state index contributed by atoms with van der Waals surface area (Å²) >= 11 is 4.99. The molecule has 3 fully saturated rings. The predicted octanol–water partition coefficient (Wildman–Crippen LogP) is 4.64. The minimum absolute atomic E-state index is 0.0659. The van der Waals surface area contributed by atoms with Crippen molar-refractivity contribution in [3.05, 3.63) is 27.7 Å². The predicted molar refractivity (Wildman–Crippen MR) is 124 cm³/mol. The van der Waals surface area contributed by atoms with Crippen LogP contribution in [0.3, 0.4) is 0 Å². The van der Waals surface area contributed by atoms with Gasteiger partial charge in [-0.15, -0.1) is 0 Å². The topological polar surface area (TPSA) is 66.8 Å². The molecule has 29 heavy (non-hydrogen) atoms. The van der Waals surface area contributed by atoms with Gasteiger partial charge in [-0.05, 0) is 49.4 Å². The van der Waals surface area contributed by atoms with Crippen molar-refractivity contribution in [1.29, 1.82) is 0 Å². The molecule has 1 aromatic carbocycles. The van der Waals surface area contributed by atoms with Gasteiger partial charge in [-0.3, -0.25) is 4.79 Å². The fourth-order valence-corrected chi connectivity index (χ4v) is 9.50. The van der Waals surface area contributed by atoms with Crippen LogP contribution in [-0.4, -0.2) is 42.3 Å². The molecule has 1 saturated carbocycles. The van der Waals surface area contributed by atoms with E-state index in [1.165, 1.54) is 37.4 Å². The molecule has 2 aliphatic heterocycles. The van der Waals surface area contributed by atoms with E-state index >= 15 is 0 Å². The maximum absolute atomic E-state index is 12.7. The fourth-order valence-electron chi connectivity index (χ4n) is 4.90. The van der Waals surface area contributed by atoms with Crippen LogP contribution in [0.4, 0.5) is 5.69 Å². The Hall–Kier alpha value is -0.860. The van der Waals surface area contributed by atoms with E-state index in [0.29, 0.717) is 17.5 Å². The number of hydrogen-bond acceptors (Lipinski definition) is 4. The number of carbonyl (C=O) groups excluding carboxylic acids is 1. The second-order valence-electron chi connectivity index (χ2n) is 8.54. The first kappa shape index (κ1) is 21.4. The number of amides is 1. The second kappa shape index (κ2) is 8.35. The summed E-state index contributed by atoms with van der Waals surface area (Å²) in [6.45, 7) is 4.04. The summed E-state index contributed by atoms with van der Waals surface area (Å²) in [4.78, 5) is 19.2. The van der Waals surface area contributed by atoms with Gasteiger partial charge in [0, 0.05) is 21.8 Å². The van der Waals surface area contributed by atoms with Crippen molar-refractivity contribution < 1.29 is 13.2 Å². The van der Waals surface area contributed by atoms with E-state index in [9.17, 15) is 13.2 Å². The molecule has 8 heteroatoms. The number of fused-ring (bicyclic) bond motifs is 1. The zero-order chi connectivity index (χ0) is 20.8. The molecule has 3 aliphatic rings. The smallest absolute Gasteiger partial charge is 0.248 e. The summed E-state index contributed by atoms with van der Waals surface area (Å²) in [6, 6.07) is 3.90. The number of carbonyl (C=O) groups is 1. The van der Waals surface area contributed by atoms with Gasteiger partial charge in [0.25, 0.3) is 0 Å². The second-order valence-corrected chi connectivity index (χ2v) is 12.8. The number of nitrogens with zero attached hydrogens (tertiary/aromatic N) is 2. The zero-order valence-corrected chi connectivity index (χ0v) is 20.1. The molecule has 0 unspecified atom stereocenters. The number of thioether (sulfide) groups is 1. The molecule has 2 saturated heterocycles. The van der Waals surface area contributed by atoms with Crippen LogP contribution in [0.25, 0.3) is 0 Å². The molecule has 0 aromatic heterocycles. The molecule has 1 amide bonds. The molecule has 0 N–H and O–H groups in total. The van der Waals surface area contributed by atoms with Gasteiger partial charge in [-0.2, -0.15) is 4.99 Å². The summed E-state index contributed by atoms with van der Waals surface area (Å²) in [6.07, 6.45) is 6.40. The summed E-state index contributed by atoms with van der Waals surface area (Å²) < 4.78 is 25.5. The van der Waals surface area contributed by atoms with E-state index in [0.717, 1.165) is 27.7 Å². The van der Waals surface area contributed by atoms with Crippen LogP contribution in [0, 0.1) is 19.8 Å². The van der Waals surface area contributed by atoms with E-state index in [2.05, 4.69) is 20.9 Å². The minimum Gasteiger partial charge on any atom is -0.315 e. The van der Waals surface area contributed by atoms with Crippen molar-refractivity contribution in [1.82, 2.24) is 0 Å². The standard InChI is InChI=1S/C21H27BrN2O3S2/c1-13-9-16(22)10-14(2)20(13)24-17-11-29(26,27)12-18(17)28-21(24)23-19(25)8-7-15-5-3-4-6-15/h9-10,15,17-18H,3-8,11-12H2,1-2H3/t17-,18-/m0/s1. The molecule has 4 rings (SSSR count). The van der Waals surface area contributed by atoms with Gasteiger partial charge in [-0.1, -0.05) is 53.4 Å². The van der Waals surface area contributed by atoms with Crippen molar-refractivity contribution in [3.8, 4) is 0 Å². The molecule has 0 radical (unpaired) electrons. The number of benzene rings is 1. The average molecular weight is 499 g/mol. The van der Waals surface area contributed by atoms with Crippen LogP contribution in [0.1, 0.15) is 49.7 Å². The quantitative estimate of drug-likeness (QED) is 0.604. The number of anilines is 1. The van der Waals surface area contributed by atoms with Gasteiger partial charge < -0.3 is 4.90 Å². The first-order chi connectivity index (χ1) is 13.7. The van der Waals surface area contributed by atoms with Crippen LogP contribution >= 0.6 is 27.7 Å². The van der Waals surface area contributed by atoms with Crippen molar-refractivity contribution >= 4 is 54.3 Å². The number of hydrogen-bond donors (Lipinski definition) is 0. The third kappa shape index (κ3) is 4.59. The Bertz CT molecular complexity index is 932. The van der Waals surface area contributed by atoms with Crippen molar-refractivity contribution in [2.24, 2.45) is 10.9 Å². The SMILES string of the molecule is Cc1cc(Br)cc(C)c1N1C(=NC(=O)CCC2CCCC2)S[C@H]2CS(=O)(=O)C[C@@H]21. The first-order valence-corrected chi connectivity index (χ1v) is 13.8. The maximum atomic E-state index is 12.7. The molecule has 1 aliphatic carbocycles. The molecule has 1 aromatic rings. The highest BCUT2D eigenvalue weighted by atomic mass is 79.9. The summed E-state index contributed by atoms with van der Waals surface area (Å²) in [5.74, 6) is 0.851. The van der Waals surface area contributed by atoms with E-state index in [1.807, 2.05) is 30.9 Å². The van der Waals surface area contributed by atoms with Gasteiger partial charge in [0.1, 0.15) is 0 Å². The molecule has 5 nitrogen and oxygen atoms in total. The number of amidine groups is 1. The Morgan fingerprint density at radius 2 is 1.86 bits per heavy atom. The molecule has 0 spiro atoms. The van der Waals surface area contributed by atoms with Crippen LogP contribution in [0.2, 0.25) is 0 Å². The van der Waals surface area contributed by atoms with E-state index < -0.39 is 9.84 Å². The number of rotatable bonds is 4. The Labute approximate surface area is 185 Å². The summed E-state index contributed by atoms with van der Waals surface area (Å²) in [5, 5.41) is 0.601. The van der Waals surface area contributed by atoms with Gasteiger partial charge in [-0.25, -0.2) is 8.42 Å². The largest absolute Gasteiger partial charge is 0.315 e. The van der Waals surface area contributed by atoms with Gasteiger partial charge >= 0.3 is 0 Å². The first-order valence-electron chi connectivity index (χ1n) is 10.3. The lowest BCUT2D eigenvalue weighted by atomic mass is 10.0. The van der Waals surface area contributed by atoms with E-state index in [1.54, 1.807) is 0 Å². The lowest BCUT2D eigenvalue weighted by molar-refractivity contribution is -0.118. The lowest BCUT2D eigenvalue weighted by Crippen LogP contribution is -2.38. The Morgan fingerprint density at radius 1 is 1.21 bits per heavy atom. The van der Waals surface area contributed by atoms with E-state index in [4.69, 9.17) is 0 Å². The molecule has 2 heterocycles. The van der Waals surface area contributed by atoms with Gasteiger partial charge in [0.2, 0.25) is 5.91 Å². The van der Waals surface area contributed by atoms with Crippen molar-refractivity contribution in [3.63, 3.8) is 0 Å². The molecule has 2 atom stereocenters. The van der Waals surface area contributed by atoms with Crippen molar-refractivity contribution in [2.45, 2.75) is 63.7 Å². The highest BCUT2D eigenvalue weighted by Gasteiger charge is 2.50. The van der Waals surface area contributed by atoms with Gasteiger partial charge in [0.05, 0.1) is 17.5 Å². The minimum atomic E-state index is -3.07. The number of sulfone groups is 1. The fraction of sp³-hybridized carbons (Fsp3) is 0.619. The highest BCUT2D eigenvalue weighted by Crippen LogP contribution is 2.43. The normalized spacial score (nSPS) is 27.7. The van der Waals surface area contributed by atoms with Crippen LogP contribution in [-0.2, 0) is 14.6 Å². The maximum Gasteiger partial charge on any atom is 0.248 e.